The zero-order chi connectivity index (χ0) is 21.9. The SMILES string of the molecule is CN(Cc1ccccc1Cl)C(=O)c1cccc(S(=O)(=O)N(C)c2ccc(F)cc2)c1. The summed E-state index contributed by atoms with van der Waals surface area (Å²) < 4.78 is 40.2. The number of anilines is 1. The normalized spacial score (nSPS) is 11.2. The van der Waals surface area contributed by atoms with Gasteiger partial charge in [-0.3, -0.25) is 9.10 Å². The van der Waals surface area contributed by atoms with Crippen molar-refractivity contribution < 1.29 is 17.6 Å². The van der Waals surface area contributed by atoms with Crippen molar-refractivity contribution in [2.45, 2.75) is 11.4 Å². The van der Waals surface area contributed by atoms with Crippen molar-refractivity contribution >= 4 is 33.2 Å². The van der Waals surface area contributed by atoms with Gasteiger partial charge in [0.05, 0.1) is 10.6 Å². The van der Waals surface area contributed by atoms with E-state index in [-0.39, 0.29) is 22.9 Å². The van der Waals surface area contributed by atoms with Gasteiger partial charge in [0, 0.05) is 31.2 Å². The van der Waals surface area contributed by atoms with Gasteiger partial charge in [-0.2, -0.15) is 0 Å². The Balaban J connectivity index is 1.85. The lowest BCUT2D eigenvalue weighted by molar-refractivity contribution is 0.0785. The lowest BCUT2D eigenvalue weighted by atomic mass is 10.1. The minimum Gasteiger partial charge on any atom is -0.337 e. The van der Waals surface area contributed by atoms with Crippen LogP contribution in [0.1, 0.15) is 15.9 Å². The predicted octanol–water partition coefficient (Wildman–Crippen LogP) is 4.58. The molecule has 1 amide bonds. The molecule has 156 valence electrons. The first-order valence-electron chi connectivity index (χ1n) is 9.03. The molecule has 0 aromatic heterocycles. The number of amides is 1. The molecule has 3 rings (SSSR count). The van der Waals surface area contributed by atoms with E-state index >= 15 is 0 Å². The van der Waals surface area contributed by atoms with Gasteiger partial charge < -0.3 is 4.90 Å². The molecule has 3 aromatic rings. The molecule has 0 aliphatic rings. The first-order valence-corrected chi connectivity index (χ1v) is 10.9. The van der Waals surface area contributed by atoms with E-state index in [1.807, 2.05) is 12.1 Å². The average Bonchev–Trinajstić information content (AvgIpc) is 2.75. The van der Waals surface area contributed by atoms with E-state index < -0.39 is 15.8 Å². The number of sulfonamides is 1. The summed E-state index contributed by atoms with van der Waals surface area (Å²) in [6.07, 6.45) is 0. The second-order valence-corrected chi connectivity index (χ2v) is 9.11. The third-order valence-corrected chi connectivity index (χ3v) is 6.79. The van der Waals surface area contributed by atoms with E-state index in [1.54, 1.807) is 25.2 Å². The summed E-state index contributed by atoms with van der Waals surface area (Å²) in [6, 6.07) is 18.1. The van der Waals surface area contributed by atoms with Crippen LogP contribution in [0.3, 0.4) is 0 Å². The maximum Gasteiger partial charge on any atom is 0.264 e. The third-order valence-electron chi connectivity index (χ3n) is 4.64. The molecular weight excluding hydrogens is 427 g/mol. The van der Waals surface area contributed by atoms with Crippen LogP contribution in [0.5, 0.6) is 0 Å². The average molecular weight is 447 g/mol. The van der Waals surface area contributed by atoms with Crippen LogP contribution in [-0.4, -0.2) is 33.3 Å². The second kappa shape index (κ2) is 8.85. The van der Waals surface area contributed by atoms with Gasteiger partial charge in [-0.25, -0.2) is 12.8 Å². The molecule has 0 fully saturated rings. The summed E-state index contributed by atoms with van der Waals surface area (Å²) in [5.74, 6) is -0.796. The Labute approximate surface area is 180 Å². The van der Waals surface area contributed by atoms with Gasteiger partial charge in [-0.15, -0.1) is 0 Å². The Hall–Kier alpha value is -2.90. The highest BCUT2D eigenvalue weighted by Crippen LogP contribution is 2.24. The topological polar surface area (TPSA) is 57.7 Å². The molecule has 3 aromatic carbocycles. The number of halogens is 2. The van der Waals surface area contributed by atoms with Gasteiger partial charge in [0.2, 0.25) is 0 Å². The Morgan fingerprint density at radius 1 is 0.967 bits per heavy atom. The quantitative estimate of drug-likeness (QED) is 0.557. The number of carbonyl (C=O) groups excluding carboxylic acids is 1. The zero-order valence-electron chi connectivity index (χ0n) is 16.4. The lowest BCUT2D eigenvalue weighted by Gasteiger charge is -2.21. The van der Waals surface area contributed by atoms with Crippen molar-refractivity contribution in [3.05, 3.63) is 94.8 Å². The summed E-state index contributed by atoms with van der Waals surface area (Å²) in [4.78, 5) is 14.3. The van der Waals surface area contributed by atoms with E-state index in [0.29, 0.717) is 10.7 Å². The smallest absolute Gasteiger partial charge is 0.264 e. The molecule has 0 atom stereocenters. The van der Waals surface area contributed by atoms with E-state index in [0.717, 1.165) is 9.87 Å². The Kier molecular flexibility index (Phi) is 6.43. The van der Waals surface area contributed by atoms with Gasteiger partial charge in [0.25, 0.3) is 15.9 Å². The number of hydrogen-bond acceptors (Lipinski definition) is 3. The molecule has 0 aliphatic carbocycles. The summed E-state index contributed by atoms with van der Waals surface area (Å²) in [5.41, 5.74) is 1.33. The van der Waals surface area contributed by atoms with E-state index in [2.05, 4.69) is 0 Å². The Morgan fingerprint density at radius 2 is 1.63 bits per heavy atom. The molecule has 0 saturated heterocycles. The third kappa shape index (κ3) is 4.63. The monoisotopic (exact) mass is 446 g/mol. The summed E-state index contributed by atoms with van der Waals surface area (Å²) in [5, 5.41) is 0.550. The molecule has 0 N–H and O–H groups in total. The van der Waals surface area contributed by atoms with Crippen LogP contribution in [0, 0.1) is 5.82 Å². The number of rotatable bonds is 6. The summed E-state index contributed by atoms with van der Waals surface area (Å²) in [6.45, 7) is 0.283. The first-order chi connectivity index (χ1) is 14.2. The molecular formula is C22H20ClFN2O3S. The molecule has 0 unspecified atom stereocenters. The van der Waals surface area contributed by atoms with Crippen LogP contribution in [0.4, 0.5) is 10.1 Å². The van der Waals surface area contributed by atoms with Crippen LogP contribution in [0.25, 0.3) is 0 Å². The zero-order valence-corrected chi connectivity index (χ0v) is 18.0. The minimum absolute atomic E-state index is 0.0358. The number of nitrogens with zero attached hydrogens (tertiary/aromatic N) is 2. The largest absolute Gasteiger partial charge is 0.337 e. The van der Waals surface area contributed by atoms with Crippen molar-refractivity contribution in [1.29, 1.82) is 0 Å². The molecule has 0 spiro atoms. The highest BCUT2D eigenvalue weighted by atomic mass is 35.5. The number of benzene rings is 3. The van der Waals surface area contributed by atoms with Crippen LogP contribution in [0.15, 0.2) is 77.7 Å². The summed E-state index contributed by atoms with van der Waals surface area (Å²) in [7, 11) is -0.935. The van der Waals surface area contributed by atoms with Crippen molar-refractivity contribution in [1.82, 2.24) is 4.90 Å². The van der Waals surface area contributed by atoms with Crippen molar-refractivity contribution in [2.24, 2.45) is 0 Å². The first kappa shape index (κ1) is 21.8. The van der Waals surface area contributed by atoms with Gasteiger partial charge in [0.1, 0.15) is 5.82 Å². The highest BCUT2D eigenvalue weighted by molar-refractivity contribution is 7.92. The molecule has 5 nitrogen and oxygen atoms in total. The fourth-order valence-corrected chi connectivity index (χ4v) is 4.35. The number of hydrogen-bond donors (Lipinski definition) is 0. The maximum atomic E-state index is 13.1. The van der Waals surface area contributed by atoms with Crippen molar-refractivity contribution in [2.75, 3.05) is 18.4 Å². The van der Waals surface area contributed by atoms with E-state index in [9.17, 15) is 17.6 Å². The molecule has 0 heterocycles. The van der Waals surface area contributed by atoms with E-state index in [1.165, 1.54) is 54.4 Å². The van der Waals surface area contributed by atoms with Crippen molar-refractivity contribution in [3.8, 4) is 0 Å². The van der Waals surface area contributed by atoms with Gasteiger partial charge >= 0.3 is 0 Å². The standard InChI is InChI=1S/C22H20ClFN2O3S/c1-25(15-17-6-3-4-9-21(17)23)22(27)16-7-5-8-20(14-16)30(28,29)26(2)19-12-10-18(24)11-13-19/h3-14H,15H2,1-2H3. The van der Waals surface area contributed by atoms with Crippen LogP contribution in [0.2, 0.25) is 5.02 Å². The maximum absolute atomic E-state index is 13.1. The fourth-order valence-electron chi connectivity index (χ4n) is 2.91. The summed E-state index contributed by atoms with van der Waals surface area (Å²) >= 11 is 6.16. The molecule has 0 bridgehead atoms. The van der Waals surface area contributed by atoms with Crippen LogP contribution < -0.4 is 4.31 Å². The van der Waals surface area contributed by atoms with E-state index in [4.69, 9.17) is 11.6 Å². The Morgan fingerprint density at radius 3 is 2.30 bits per heavy atom. The van der Waals surface area contributed by atoms with Gasteiger partial charge in [-0.1, -0.05) is 35.9 Å². The molecule has 0 saturated carbocycles. The minimum atomic E-state index is -3.93. The second-order valence-electron chi connectivity index (χ2n) is 6.73. The number of carbonyl (C=O) groups is 1. The highest BCUT2D eigenvalue weighted by Gasteiger charge is 2.23. The fraction of sp³-hybridized carbons (Fsp3) is 0.136. The van der Waals surface area contributed by atoms with Gasteiger partial charge in [0.15, 0.2) is 0 Å². The van der Waals surface area contributed by atoms with Crippen LogP contribution >= 0.6 is 11.6 Å². The van der Waals surface area contributed by atoms with Crippen LogP contribution in [-0.2, 0) is 16.6 Å². The lowest BCUT2D eigenvalue weighted by Crippen LogP contribution is -2.28. The molecule has 0 radical (unpaired) electrons. The predicted molar refractivity (Wildman–Crippen MR) is 116 cm³/mol. The van der Waals surface area contributed by atoms with Gasteiger partial charge in [-0.05, 0) is 54.1 Å². The Bertz CT molecular complexity index is 1170. The molecule has 8 heteroatoms. The van der Waals surface area contributed by atoms with Crippen molar-refractivity contribution in [3.63, 3.8) is 0 Å². The molecule has 0 aliphatic heterocycles. The molecule has 30 heavy (non-hydrogen) atoms.